The Bertz CT molecular complexity index is 685. The van der Waals surface area contributed by atoms with Crippen molar-refractivity contribution in [1.29, 1.82) is 0 Å². The molecule has 0 N–H and O–H groups in total. The van der Waals surface area contributed by atoms with E-state index in [0.29, 0.717) is 5.16 Å². The topological polar surface area (TPSA) is 0 Å². The Balaban J connectivity index is 1.67. The van der Waals surface area contributed by atoms with Gasteiger partial charge in [-0.1, -0.05) is 101 Å². The van der Waals surface area contributed by atoms with Crippen LogP contribution in [0.5, 0.6) is 0 Å². The molecule has 0 saturated carbocycles. The van der Waals surface area contributed by atoms with Gasteiger partial charge < -0.3 is 0 Å². The highest BCUT2D eigenvalue weighted by Crippen LogP contribution is 2.16. The largest absolute Gasteiger partial charge is 0.0843 e. The van der Waals surface area contributed by atoms with Gasteiger partial charge in [0, 0.05) is 5.02 Å². The maximum Gasteiger partial charge on any atom is 0.0811 e. The van der Waals surface area contributed by atoms with Gasteiger partial charge in [-0.05, 0) is 29.3 Å². The van der Waals surface area contributed by atoms with E-state index >= 15 is 0 Å². The lowest BCUT2D eigenvalue weighted by Crippen LogP contribution is -2.29. The van der Waals surface area contributed by atoms with Crippen LogP contribution in [0.15, 0.2) is 84.9 Å². The minimum atomic E-state index is 0.700. The van der Waals surface area contributed by atoms with E-state index in [1.807, 2.05) is 12.1 Å². The summed E-state index contributed by atoms with van der Waals surface area (Å²) in [6.45, 7) is 0. The van der Waals surface area contributed by atoms with Crippen molar-refractivity contribution < 1.29 is 0 Å². The van der Waals surface area contributed by atoms with Gasteiger partial charge in [0.2, 0.25) is 0 Å². The van der Waals surface area contributed by atoms with Crippen molar-refractivity contribution >= 4 is 41.0 Å². The zero-order valence-electron chi connectivity index (χ0n) is 13.5. The Morgan fingerprint density at radius 3 is 1.67 bits per heavy atom. The fraction of sp³-hybridized carbons (Fsp3) is 0.143. The molecule has 3 heteroatoms. The molecule has 3 aromatic carbocycles. The molecule has 24 heavy (non-hydrogen) atoms. The van der Waals surface area contributed by atoms with E-state index in [1.54, 1.807) is 0 Å². The van der Waals surface area contributed by atoms with Crippen molar-refractivity contribution in [2.24, 2.45) is 0 Å². The van der Waals surface area contributed by atoms with Gasteiger partial charge in [0.1, 0.15) is 0 Å². The molecule has 0 unspecified atom stereocenters. The van der Waals surface area contributed by atoms with E-state index in [9.17, 15) is 0 Å². The Kier molecular flexibility index (Phi) is 6.47. The van der Waals surface area contributed by atoms with Crippen LogP contribution in [0, 0.1) is 0 Å². The lowest BCUT2D eigenvalue weighted by molar-refractivity contribution is 0.877. The molecule has 0 amide bonds. The third-order valence-electron chi connectivity index (χ3n) is 3.86. The summed E-state index contributed by atoms with van der Waals surface area (Å²) in [6, 6.07) is 30.1. The van der Waals surface area contributed by atoms with Crippen molar-refractivity contribution in [3.05, 3.63) is 95.5 Å². The molecule has 0 aliphatic carbocycles. The summed E-state index contributed by atoms with van der Waals surface area (Å²) in [6.07, 6.45) is 2.32. The Hall–Kier alpha value is -1.62. The van der Waals surface area contributed by atoms with Gasteiger partial charge in [-0.3, -0.25) is 0 Å². The second-order valence-corrected chi connectivity index (χ2v) is 9.88. The van der Waals surface area contributed by atoms with Crippen molar-refractivity contribution in [1.82, 2.24) is 0 Å². The summed E-state index contributed by atoms with van der Waals surface area (Å²) in [5.41, 5.74) is 1.38. The lowest BCUT2D eigenvalue weighted by Gasteiger charge is -2.16. The van der Waals surface area contributed by atoms with Crippen LogP contribution in [0.4, 0.5) is 0 Å². The summed E-state index contributed by atoms with van der Waals surface area (Å²) in [7, 11) is 1.71. The minimum Gasteiger partial charge on any atom is -0.0843 e. The van der Waals surface area contributed by atoms with Gasteiger partial charge in [-0.15, -0.1) is 0 Å². The Labute approximate surface area is 154 Å². The normalized spacial score (nSPS) is 10.9. The fourth-order valence-corrected chi connectivity index (χ4v) is 6.18. The third-order valence-corrected chi connectivity index (χ3v) is 7.59. The van der Waals surface area contributed by atoms with Crippen LogP contribution >= 0.6 is 11.6 Å². The lowest BCUT2D eigenvalue weighted by atomic mass is 10.1. The van der Waals surface area contributed by atoms with Crippen molar-refractivity contribution in [2.45, 2.75) is 18.0 Å². The number of hydrogen-bond acceptors (Lipinski definition) is 0. The van der Waals surface area contributed by atoms with Gasteiger partial charge in [0.05, 0.1) is 19.0 Å². The van der Waals surface area contributed by atoms with Gasteiger partial charge in [-0.25, -0.2) is 0 Å². The van der Waals surface area contributed by atoms with Crippen molar-refractivity contribution in [2.75, 3.05) is 0 Å². The number of rotatable bonds is 7. The summed E-state index contributed by atoms with van der Waals surface area (Å²) in [5, 5.41) is 4.43. The van der Waals surface area contributed by atoms with Crippen LogP contribution in [-0.4, -0.2) is 19.0 Å². The number of aryl methyl sites for hydroxylation is 1. The van der Waals surface area contributed by atoms with E-state index in [0.717, 1.165) is 30.5 Å². The highest BCUT2D eigenvalue weighted by molar-refractivity contribution is 6.73. The zero-order chi connectivity index (χ0) is 16.6. The van der Waals surface area contributed by atoms with Gasteiger partial charge >= 0.3 is 0 Å². The first-order valence-corrected chi connectivity index (χ1v) is 10.7. The van der Waals surface area contributed by atoms with Crippen LogP contribution in [0.2, 0.25) is 10.2 Å². The third kappa shape index (κ3) is 5.48. The molecule has 0 aliphatic rings. The van der Waals surface area contributed by atoms with Gasteiger partial charge in [0.15, 0.2) is 0 Å². The van der Waals surface area contributed by atoms with Gasteiger partial charge in [0.25, 0.3) is 0 Å². The first-order valence-electron chi connectivity index (χ1n) is 8.17. The molecule has 0 saturated heterocycles. The molecule has 0 bridgehead atoms. The highest BCUT2D eigenvalue weighted by atomic mass is 35.5. The number of benzene rings is 3. The van der Waals surface area contributed by atoms with Crippen LogP contribution in [0.3, 0.4) is 0 Å². The first-order chi connectivity index (χ1) is 11.8. The maximum atomic E-state index is 5.99. The SMILES string of the molecule is Clc1ccc(CCC([Si]c2ccccc2)[Si]c2ccccc2)cc1. The molecule has 3 aromatic rings. The molecule has 0 aromatic heterocycles. The summed E-state index contributed by atoms with van der Waals surface area (Å²) >= 11 is 5.99. The Morgan fingerprint density at radius 1 is 0.667 bits per heavy atom. The second kappa shape index (κ2) is 9.02. The second-order valence-electron chi connectivity index (χ2n) is 5.74. The molecule has 4 radical (unpaired) electrons. The van der Waals surface area contributed by atoms with Crippen molar-refractivity contribution in [3.63, 3.8) is 0 Å². The molecule has 118 valence electrons. The molecular formula is C21H19ClSi2. The molecule has 0 nitrogen and oxygen atoms in total. The molecule has 0 fully saturated rings. The van der Waals surface area contributed by atoms with E-state index in [2.05, 4.69) is 72.8 Å². The molecule has 0 heterocycles. The van der Waals surface area contributed by atoms with E-state index in [4.69, 9.17) is 11.6 Å². The Morgan fingerprint density at radius 2 is 1.17 bits per heavy atom. The molecule has 0 atom stereocenters. The predicted octanol–water partition coefficient (Wildman–Crippen LogP) is 4.08. The quantitative estimate of drug-likeness (QED) is 0.555. The highest BCUT2D eigenvalue weighted by Gasteiger charge is 2.13. The first kappa shape index (κ1) is 17.2. The molecule has 0 aliphatic heterocycles. The monoisotopic (exact) mass is 362 g/mol. The van der Waals surface area contributed by atoms with E-state index in [1.165, 1.54) is 22.4 Å². The average Bonchev–Trinajstić information content (AvgIpc) is 2.63. The fourth-order valence-electron chi connectivity index (χ4n) is 2.61. The van der Waals surface area contributed by atoms with Crippen LogP contribution in [-0.2, 0) is 6.42 Å². The van der Waals surface area contributed by atoms with E-state index < -0.39 is 0 Å². The smallest absolute Gasteiger partial charge is 0.0811 e. The van der Waals surface area contributed by atoms with Crippen LogP contribution in [0.25, 0.3) is 0 Å². The summed E-state index contributed by atoms with van der Waals surface area (Å²) in [5.74, 6) is 0. The predicted molar refractivity (Wildman–Crippen MR) is 107 cm³/mol. The van der Waals surface area contributed by atoms with Crippen LogP contribution < -0.4 is 10.4 Å². The average molecular weight is 363 g/mol. The summed E-state index contributed by atoms with van der Waals surface area (Å²) < 4.78 is 0. The van der Waals surface area contributed by atoms with Gasteiger partial charge in [-0.2, -0.15) is 0 Å². The number of hydrogen-bond donors (Lipinski definition) is 0. The molecule has 0 spiro atoms. The minimum absolute atomic E-state index is 0.700. The summed E-state index contributed by atoms with van der Waals surface area (Å²) in [4.78, 5) is 0. The molecular weight excluding hydrogens is 344 g/mol. The number of halogens is 1. The molecule has 3 rings (SSSR count). The standard InChI is InChI=1S/C21H19ClSi2/c22-18-14-11-17(12-15-18)13-16-21(23-19-7-3-1-4-8-19)24-20-9-5-2-6-10-20/h1-12,14-15,21H,13,16H2. The van der Waals surface area contributed by atoms with E-state index in [-0.39, 0.29) is 0 Å². The maximum absolute atomic E-state index is 5.99. The van der Waals surface area contributed by atoms with Crippen LogP contribution in [0.1, 0.15) is 12.0 Å². The van der Waals surface area contributed by atoms with Crippen molar-refractivity contribution in [3.8, 4) is 0 Å². The zero-order valence-corrected chi connectivity index (χ0v) is 16.2.